The van der Waals surface area contributed by atoms with E-state index in [1.807, 2.05) is 11.6 Å². The molecule has 0 atom stereocenters. The molecule has 0 amide bonds. The highest BCUT2D eigenvalue weighted by Gasteiger charge is 2.05. The van der Waals surface area contributed by atoms with Gasteiger partial charge in [-0.3, -0.25) is 0 Å². The average molecular weight is 312 g/mol. The van der Waals surface area contributed by atoms with Gasteiger partial charge in [-0.1, -0.05) is 15.9 Å². The minimum Gasteiger partial charge on any atom is -0.369 e. The summed E-state index contributed by atoms with van der Waals surface area (Å²) in [5.74, 6) is 0. The van der Waals surface area contributed by atoms with E-state index in [2.05, 4.69) is 50.4 Å². The smallest absolute Gasteiger partial charge is 0.0795 e. The molecule has 2 aromatic rings. The number of rotatable bonds is 4. The molecule has 0 aliphatic heterocycles. The number of benzene rings is 1. The van der Waals surface area contributed by atoms with Gasteiger partial charge in [-0.05, 0) is 23.8 Å². The number of aromatic nitrogens is 1. The van der Waals surface area contributed by atoms with E-state index >= 15 is 0 Å². The van der Waals surface area contributed by atoms with Crippen molar-refractivity contribution in [1.29, 1.82) is 0 Å². The van der Waals surface area contributed by atoms with Crippen LogP contribution in [0.5, 0.6) is 0 Å². The van der Waals surface area contributed by atoms with Crippen molar-refractivity contribution in [2.45, 2.75) is 13.1 Å². The third kappa shape index (κ3) is 3.28. The lowest BCUT2D eigenvalue weighted by atomic mass is 10.2. The molecule has 0 saturated carbocycles. The Morgan fingerprint density at radius 3 is 2.88 bits per heavy atom. The molecule has 0 bridgehead atoms. The molecule has 1 aromatic heterocycles. The minimum absolute atomic E-state index is 0.553. The van der Waals surface area contributed by atoms with Crippen LogP contribution in [0.1, 0.15) is 11.3 Å². The molecule has 0 radical (unpaired) electrons. The Labute approximate surface area is 113 Å². The first-order valence-electron chi connectivity index (χ1n) is 5.27. The Balaban J connectivity index is 2.18. The summed E-state index contributed by atoms with van der Waals surface area (Å²) in [5, 5.41) is 2.07. The second kappa shape index (κ2) is 5.62. The van der Waals surface area contributed by atoms with Crippen molar-refractivity contribution in [1.82, 2.24) is 4.98 Å². The predicted molar refractivity (Wildman–Crippen MR) is 76.3 cm³/mol. The third-order valence-corrected chi connectivity index (χ3v) is 3.59. The highest BCUT2D eigenvalue weighted by Crippen LogP contribution is 2.23. The average Bonchev–Trinajstić information content (AvgIpc) is 2.81. The molecule has 0 fully saturated rings. The highest BCUT2D eigenvalue weighted by molar-refractivity contribution is 9.10. The zero-order valence-corrected chi connectivity index (χ0v) is 12.0. The van der Waals surface area contributed by atoms with Crippen molar-refractivity contribution >= 4 is 33.0 Å². The van der Waals surface area contributed by atoms with Gasteiger partial charge in [0.15, 0.2) is 0 Å². The van der Waals surface area contributed by atoms with Crippen LogP contribution in [0.2, 0.25) is 0 Å². The number of anilines is 1. The molecule has 0 spiro atoms. The van der Waals surface area contributed by atoms with Crippen molar-refractivity contribution in [3.05, 3.63) is 44.8 Å². The van der Waals surface area contributed by atoms with Crippen LogP contribution in [-0.4, -0.2) is 12.0 Å². The number of nitrogens with zero attached hydrogens (tertiary/aromatic N) is 2. The second-order valence-electron chi connectivity index (χ2n) is 3.86. The molecule has 1 heterocycles. The van der Waals surface area contributed by atoms with Crippen LogP contribution in [0.15, 0.2) is 33.6 Å². The summed E-state index contributed by atoms with van der Waals surface area (Å²) < 4.78 is 1.06. The van der Waals surface area contributed by atoms with E-state index < -0.39 is 0 Å². The van der Waals surface area contributed by atoms with E-state index in [0.29, 0.717) is 6.54 Å². The maximum Gasteiger partial charge on any atom is 0.0795 e. The van der Waals surface area contributed by atoms with E-state index in [-0.39, 0.29) is 0 Å². The van der Waals surface area contributed by atoms with Gasteiger partial charge < -0.3 is 10.6 Å². The summed E-state index contributed by atoms with van der Waals surface area (Å²) in [5.41, 5.74) is 10.9. The molecule has 3 nitrogen and oxygen atoms in total. The maximum absolute atomic E-state index is 5.67. The molecule has 0 saturated heterocycles. The number of thiazole rings is 1. The standard InChI is InChI=1S/C12H14BrN3S/c1-16(6-11-7-17-8-15-11)12-3-9(5-14)2-10(13)4-12/h2-4,7-8H,5-6,14H2,1H3. The Morgan fingerprint density at radius 1 is 1.41 bits per heavy atom. The Hall–Kier alpha value is -0.910. The van der Waals surface area contributed by atoms with Gasteiger partial charge in [0.25, 0.3) is 0 Å². The van der Waals surface area contributed by atoms with E-state index in [9.17, 15) is 0 Å². The lowest BCUT2D eigenvalue weighted by Gasteiger charge is -2.19. The van der Waals surface area contributed by atoms with Gasteiger partial charge in [0.05, 0.1) is 17.7 Å². The molecule has 2 N–H and O–H groups in total. The van der Waals surface area contributed by atoms with E-state index in [4.69, 9.17) is 5.73 Å². The maximum atomic E-state index is 5.67. The van der Waals surface area contributed by atoms with Gasteiger partial charge in [-0.15, -0.1) is 11.3 Å². The van der Waals surface area contributed by atoms with Crippen molar-refractivity contribution < 1.29 is 0 Å². The van der Waals surface area contributed by atoms with Crippen molar-refractivity contribution in [2.75, 3.05) is 11.9 Å². The fraction of sp³-hybridized carbons (Fsp3) is 0.250. The van der Waals surface area contributed by atoms with Gasteiger partial charge in [-0.25, -0.2) is 4.98 Å². The van der Waals surface area contributed by atoms with Gasteiger partial charge in [0.1, 0.15) is 0 Å². The van der Waals surface area contributed by atoms with Crippen LogP contribution in [0.3, 0.4) is 0 Å². The molecule has 5 heteroatoms. The zero-order valence-electron chi connectivity index (χ0n) is 9.56. The Bertz CT molecular complexity index is 485. The summed E-state index contributed by atoms with van der Waals surface area (Å²) in [6.45, 7) is 1.36. The zero-order chi connectivity index (χ0) is 12.3. The van der Waals surface area contributed by atoms with Crippen molar-refractivity contribution in [3.63, 3.8) is 0 Å². The van der Waals surface area contributed by atoms with E-state index in [0.717, 1.165) is 28.0 Å². The highest BCUT2D eigenvalue weighted by atomic mass is 79.9. The topological polar surface area (TPSA) is 42.2 Å². The second-order valence-corrected chi connectivity index (χ2v) is 5.49. The first-order valence-corrected chi connectivity index (χ1v) is 7.00. The summed E-state index contributed by atoms with van der Waals surface area (Å²) in [4.78, 5) is 6.45. The molecule has 1 aromatic carbocycles. The number of hydrogen-bond acceptors (Lipinski definition) is 4. The third-order valence-electron chi connectivity index (χ3n) is 2.50. The quantitative estimate of drug-likeness (QED) is 0.944. The first-order chi connectivity index (χ1) is 8.19. The van der Waals surface area contributed by atoms with Crippen LogP contribution in [-0.2, 0) is 13.1 Å². The van der Waals surface area contributed by atoms with Crippen LogP contribution in [0.25, 0.3) is 0 Å². The van der Waals surface area contributed by atoms with E-state index in [1.54, 1.807) is 11.3 Å². The Kier molecular flexibility index (Phi) is 4.15. The van der Waals surface area contributed by atoms with Crippen LogP contribution >= 0.6 is 27.3 Å². The molecular weight excluding hydrogens is 298 g/mol. The monoisotopic (exact) mass is 311 g/mol. The molecule has 90 valence electrons. The molecule has 17 heavy (non-hydrogen) atoms. The fourth-order valence-corrected chi connectivity index (χ4v) is 2.70. The number of halogens is 1. The minimum atomic E-state index is 0.553. The molecule has 2 rings (SSSR count). The number of nitrogens with two attached hydrogens (primary N) is 1. The number of hydrogen-bond donors (Lipinski definition) is 1. The van der Waals surface area contributed by atoms with Gasteiger partial charge >= 0.3 is 0 Å². The Morgan fingerprint density at radius 2 is 2.24 bits per heavy atom. The lowest BCUT2D eigenvalue weighted by Crippen LogP contribution is -2.17. The largest absolute Gasteiger partial charge is 0.369 e. The normalized spacial score (nSPS) is 10.5. The predicted octanol–water partition coefficient (Wildman–Crippen LogP) is 3.00. The lowest BCUT2D eigenvalue weighted by molar-refractivity contribution is 0.891. The fourth-order valence-electron chi connectivity index (χ4n) is 1.62. The SMILES string of the molecule is CN(Cc1cscn1)c1cc(Br)cc(CN)c1. The van der Waals surface area contributed by atoms with Gasteiger partial charge in [0, 0.05) is 29.1 Å². The summed E-state index contributed by atoms with van der Waals surface area (Å²) in [6, 6.07) is 6.24. The van der Waals surface area contributed by atoms with Crippen molar-refractivity contribution in [2.24, 2.45) is 5.73 Å². The van der Waals surface area contributed by atoms with E-state index in [1.165, 1.54) is 0 Å². The van der Waals surface area contributed by atoms with Gasteiger partial charge in [-0.2, -0.15) is 0 Å². The van der Waals surface area contributed by atoms with Gasteiger partial charge in [0.2, 0.25) is 0 Å². The summed E-state index contributed by atoms with van der Waals surface area (Å²) >= 11 is 5.12. The molecular formula is C12H14BrN3S. The molecule has 0 aliphatic rings. The van der Waals surface area contributed by atoms with Crippen LogP contribution in [0, 0.1) is 0 Å². The van der Waals surface area contributed by atoms with Crippen molar-refractivity contribution in [3.8, 4) is 0 Å². The summed E-state index contributed by atoms with van der Waals surface area (Å²) in [6.07, 6.45) is 0. The molecule has 0 unspecified atom stereocenters. The van der Waals surface area contributed by atoms with Crippen LogP contribution in [0.4, 0.5) is 5.69 Å². The van der Waals surface area contributed by atoms with Crippen LogP contribution < -0.4 is 10.6 Å². The first kappa shape index (κ1) is 12.5. The molecule has 0 aliphatic carbocycles. The summed E-state index contributed by atoms with van der Waals surface area (Å²) in [7, 11) is 2.06.